The molecule has 0 spiro atoms. The number of hydrogen-bond donors (Lipinski definition) is 1. The fourth-order valence-corrected chi connectivity index (χ4v) is 3.22. The van der Waals surface area contributed by atoms with Crippen LogP contribution in [0.1, 0.15) is 19.2 Å². The van der Waals surface area contributed by atoms with E-state index in [1.807, 2.05) is 6.07 Å². The number of oxazole rings is 1. The van der Waals surface area contributed by atoms with Gasteiger partial charge < -0.3 is 14.4 Å². The van der Waals surface area contributed by atoms with Crippen molar-refractivity contribution in [1.82, 2.24) is 15.2 Å². The van der Waals surface area contributed by atoms with Crippen LogP contribution in [0.25, 0.3) is 22.6 Å². The number of halogens is 1. The zero-order valence-corrected chi connectivity index (χ0v) is 14.6. The van der Waals surface area contributed by atoms with Crippen LogP contribution in [0.15, 0.2) is 34.9 Å². The Bertz CT molecular complexity index is 939. The fourth-order valence-electron chi connectivity index (χ4n) is 3.22. The predicted molar refractivity (Wildman–Crippen MR) is 95.3 cm³/mol. The molecular formula is C19H19FN4O2. The number of aromatic hydroxyl groups is 1. The van der Waals surface area contributed by atoms with Crippen LogP contribution in [-0.2, 0) is 0 Å². The Kier molecular flexibility index (Phi) is 4.06. The molecular weight excluding hydrogens is 335 g/mol. The first-order valence-corrected chi connectivity index (χ1v) is 8.55. The van der Waals surface area contributed by atoms with Crippen LogP contribution in [0.4, 0.5) is 10.2 Å². The average molecular weight is 354 g/mol. The number of benzene rings is 1. The van der Waals surface area contributed by atoms with E-state index in [-0.39, 0.29) is 22.6 Å². The van der Waals surface area contributed by atoms with Crippen molar-refractivity contribution in [2.75, 3.05) is 18.0 Å². The molecule has 3 aromatic rings. The Morgan fingerprint density at radius 1 is 1.23 bits per heavy atom. The highest BCUT2D eigenvalue weighted by Crippen LogP contribution is 2.35. The van der Waals surface area contributed by atoms with E-state index in [1.165, 1.54) is 18.3 Å². The van der Waals surface area contributed by atoms with Gasteiger partial charge in [0.15, 0.2) is 17.5 Å². The number of anilines is 1. The van der Waals surface area contributed by atoms with Crippen molar-refractivity contribution in [3.05, 3.63) is 42.2 Å². The van der Waals surface area contributed by atoms with E-state index in [4.69, 9.17) is 4.42 Å². The number of aryl methyl sites for hydroxylation is 1. The van der Waals surface area contributed by atoms with E-state index >= 15 is 0 Å². The topological polar surface area (TPSA) is 75.3 Å². The first kappa shape index (κ1) is 16.5. The molecule has 0 amide bonds. The molecule has 1 N–H and O–H groups in total. The van der Waals surface area contributed by atoms with Crippen LogP contribution in [0.2, 0.25) is 0 Å². The van der Waals surface area contributed by atoms with Crippen molar-refractivity contribution in [1.29, 1.82) is 0 Å². The van der Waals surface area contributed by atoms with Crippen LogP contribution in [0, 0.1) is 18.7 Å². The van der Waals surface area contributed by atoms with Crippen molar-refractivity contribution < 1.29 is 13.9 Å². The molecule has 26 heavy (non-hydrogen) atoms. The number of phenolic OH excluding ortho intramolecular Hbond substituents is 1. The zero-order valence-electron chi connectivity index (χ0n) is 14.6. The smallest absolute Gasteiger partial charge is 0.191 e. The van der Waals surface area contributed by atoms with E-state index in [0.717, 1.165) is 25.3 Å². The molecule has 7 heteroatoms. The number of aromatic nitrogens is 3. The molecule has 1 aromatic carbocycles. The summed E-state index contributed by atoms with van der Waals surface area (Å²) in [6, 6.07) is 6.16. The average Bonchev–Trinajstić information content (AvgIpc) is 3.25. The van der Waals surface area contributed by atoms with Crippen LogP contribution in [0.5, 0.6) is 5.75 Å². The molecule has 0 bridgehead atoms. The minimum absolute atomic E-state index is 0.0905. The van der Waals surface area contributed by atoms with Gasteiger partial charge in [-0.15, -0.1) is 10.2 Å². The molecule has 1 fully saturated rings. The van der Waals surface area contributed by atoms with Crippen molar-refractivity contribution in [3.63, 3.8) is 0 Å². The van der Waals surface area contributed by atoms with Gasteiger partial charge in [0.1, 0.15) is 11.6 Å². The van der Waals surface area contributed by atoms with Crippen molar-refractivity contribution >= 4 is 5.82 Å². The van der Waals surface area contributed by atoms with Gasteiger partial charge in [-0.3, -0.25) is 0 Å². The van der Waals surface area contributed by atoms with Crippen molar-refractivity contribution in [2.45, 2.75) is 20.3 Å². The first-order valence-electron chi connectivity index (χ1n) is 8.55. The summed E-state index contributed by atoms with van der Waals surface area (Å²) in [5.41, 5.74) is 0.858. The summed E-state index contributed by atoms with van der Waals surface area (Å²) < 4.78 is 19.9. The van der Waals surface area contributed by atoms with Gasteiger partial charge >= 0.3 is 0 Å². The second kappa shape index (κ2) is 6.40. The van der Waals surface area contributed by atoms with Crippen LogP contribution in [-0.4, -0.2) is 33.4 Å². The van der Waals surface area contributed by atoms with Crippen LogP contribution < -0.4 is 4.90 Å². The van der Waals surface area contributed by atoms with E-state index in [2.05, 4.69) is 27.0 Å². The summed E-state index contributed by atoms with van der Waals surface area (Å²) in [4.78, 5) is 6.13. The molecule has 1 unspecified atom stereocenters. The largest absolute Gasteiger partial charge is 0.507 e. The second-order valence-electron chi connectivity index (χ2n) is 6.71. The lowest BCUT2D eigenvalue weighted by Crippen LogP contribution is -2.20. The molecule has 0 radical (unpaired) electrons. The van der Waals surface area contributed by atoms with Gasteiger partial charge in [-0.1, -0.05) is 6.92 Å². The highest BCUT2D eigenvalue weighted by molar-refractivity contribution is 5.73. The minimum atomic E-state index is -0.520. The maximum atomic E-state index is 14.5. The standard InChI is InChI=1S/C19H19FN4O2/c1-11-5-6-24(10-11)19-4-3-16(22-23-19)14-7-15(20)13(8-17(14)25)18-9-21-12(2)26-18/h3-4,7-9,11,25H,5-6,10H2,1-2H3. The Morgan fingerprint density at radius 3 is 2.69 bits per heavy atom. The Hall–Kier alpha value is -2.96. The normalized spacial score (nSPS) is 17.0. The third-order valence-corrected chi connectivity index (χ3v) is 4.65. The minimum Gasteiger partial charge on any atom is -0.507 e. The second-order valence-corrected chi connectivity index (χ2v) is 6.71. The molecule has 1 atom stereocenters. The SMILES string of the molecule is Cc1ncc(-c2cc(O)c(-c3ccc(N4CCC(C)C4)nn3)cc2F)o1. The first-order chi connectivity index (χ1) is 12.5. The Morgan fingerprint density at radius 2 is 2.08 bits per heavy atom. The molecule has 0 saturated carbocycles. The van der Waals surface area contributed by atoms with Crippen molar-refractivity contribution in [3.8, 4) is 28.3 Å². The molecule has 1 saturated heterocycles. The molecule has 134 valence electrons. The lowest BCUT2D eigenvalue weighted by molar-refractivity contribution is 0.474. The summed E-state index contributed by atoms with van der Waals surface area (Å²) in [7, 11) is 0. The van der Waals surface area contributed by atoms with Crippen LogP contribution in [0.3, 0.4) is 0 Å². The number of phenols is 1. The summed E-state index contributed by atoms with van der Waals surface area (Å²) in [6.07, 6.45) is 2.57. The van der Waals surface area contributed by atoms with Gasteiger partial charge in [-0.25, -0.2) is 9.37 Å². The molecule has 4 rings (SSSR count). The summed E-state index contributed by atoms with van der Waals surface area (Å²) in [6.45, 7) is 5.80. The van der Waals surface area contributed by atoms with E-state index < -0.39 is 5.82 Å². The third kappa shape index (κ3) is 3.00. The fraction of sp³-hybridized carbons (Fsp3) is 0.316. The van der Waals surface area contributed by atoms with E-state index in [1.54, 1.807) is 13.0 Å². The number of rotatable bonds is 3. The van der Waals surface area contributed by atoms with Gasteiger partial charge in [0.05, 0.1) is 17.5 Å². The lowest BCUT2D eigenvalue weighted by Gasteiger charge is -2.16. The van der Waals surface area contributed by atoms with Gasteiger partial charge in [0.2, 0.25) is 0 Å². The summed E-state index contributed by atoms with van der Waals surface area (Å²) >= 11 is 0. The quantitative estimate of drug-likeness (QED) is 0.771. The Labute approximate surface area is 150 Å². The summed E-state index contributed by atoms with van der Waals surface area (Å²) in [5, 5.41) is 18.8. The number of nitrogens with zero attached hydrogens (tertiary/aromatic N) is 4. The van der Waals surface area contributed by atoms with E-state index in [9.17, 15) is 9.50 Å². The number of hydrogen-bond acceptors (Lipinski definition) is 6. The van der Waals surface area contributed by atoms with Crippen molar-refractivity contribution in [2.24, 2.45) is 5.92 Å². The highest BCUT2D eigenvalue weighted by atomic mass is 19.1. The molecule has 1 aliphatic heterocycles. The molecule has 0 aliphatic carbocycles. The molecule has 2 aromatic heterocycles. The highest BCUT2D eigenvalue weighted by Gasteiger charge is 2.21. The van der Waals surface area contributed by atoms with Gasteiger partial charge in [-0.2, -0.15) is 0 Å². The van der Waals surface area contributed by atoms with E-state index in [0.29, 0.717) is 17.5 Å². The van der Waals surface area contributed by atoms with Gasteiger partial charge in [0.25, 0.3) is 0 Å². The molecule has 3 heterocycles. The third-order valence-electron chi connectivity index (χ3n) is 4.65. The zero-order chi connectivity index (χ0) is 18.3. The maximum absolute atomic E-state index is 14.5. The maximum Gasteiger partial charge on any atom is 0.191 e. The summed E-state index contributed by atoms with van der Waals surface area (Å²) in [5.74, 6) is 1.53. The molecule has 6 nitrogen and oxygen atoms in total. The van der Waals surface area contributed by atoms with Gasteiger partial charge in [-0.05, 0) is 36.6 Å². The van der Waals surface area contributed by atoms with Crippen LogP contribution >= 0.6 is 0 Å². The Balaban J connectivity index is 1.64. The monoisotopic (exact) mass is 354 g/mol. The van der Waals surface area contributed by atoms with Gasteiger partial charge in [0, 0.05) is 25.6 Å². The predicted octanol–water partition coefficient (Wildman–Crippen LogP) is 3.80. The molecule has 1 aliphatic rings. The lowest BCUT2D eigenvalue weighted by atomic mass is 10.1.